The van der Waals surface area contributed by atoms with Crippen molar-refractivity contribution in [3.05, 3.63) is 0 Å². The van der Waals surface area contributed by atoms with Gasteiger partial charge in [-0.3, -0.25) is 0 Å². The molecule has 1 aliphatic heterocycles. The van der Waals surface area contributed by atoms with E-state index in [-0.39, 0.29) is 0 Å². The molecule has 0 aromatic heterocycles. The standard InChI is InChI=1S/C17H30O3/c18-16(19)17(14-20-17)13-9-4-2-1-3-6-10-15-11-7-5-8-12-15/h15H,1-14H2,(H,18,19). The Morgan fingerprint density at radius 2 is 1.60 bits per heavy atom. The van der Waals surface area contributed by atoms with E-state index >= 15 is 0 Å². The Balaban J connectivity index is 1.38. The predicted molar refractivity (Wildman–Crippen MR) is 79.8 cm³/mol. The van der Waals surface area contributed by atoms with Crippen LogP contribution in [-0.2, 0) is 9.53 Å². The lowest BCUT2D eigenvalue weighted by molar-refractivity contribution is -0.143. The zero-order chi connectivity index (χ0) is 14.3. The van der Waals surface area contributed by atoms with E-state index in [1.165, 1.54) is 64.2 Å². The number of carboxylic acid groups (broad SMARTS) is 1. The average molecular weight is 282 g/mol. The second kappa shape index (κ2) is 8.02. The van der Waals surface area contributed by atoms with E-state index < -0.39 is 11.6 Å². The van der Waals surface area contributed by atoms with E-state index in [0.29, 0.717) is 13.0 Å². The number of unbranched alkanes of at least 4 members (excludes halogenated alkanes) is 5. The summed E-state index contributed by atoms with van der Waals surface area (Å²) in [7, 11) is 0. The molecule has 0 aromatic rings. The van der Waals surface area contributed by atoms with Crippen LogP contribution in [0.4, 0.5) is 0 Å². The van der Waals surface area contributed by atoms with Crippen molar-refractivity contribution in [2.45, 2.75) is 89.1 Å². The number of epoxide rings is 1. The van der Waals surface area contributed by atoms with E-state index in [1.54, 1.807) is 0 Å². The van der Waals surface area contributed by atoms with Crippen LogP contribution in [0, 0.1) is 5.92 Å². The molecule has 2 fully saturated rings. The SMILES string of the molecule is O=C(O)C1(CCCCCCCCC2CCCCC2)CO1. The van der Waals surface area contributed by atoms with Gasteiger partial charge in [-0.05, 0) is 18.8 Å². The number of rotatable bonds is 10. The molecule has 116 valence electrons. The second-order valence-corrected chi connectivity index (χ2v) is 6.75. The van der Waals surface area contributed by atoms with E-state index in [0.717, 1.165) is 18.8 Å². The highest BCUT2D eigenvalue weighted by molar-refractivity contribution is 5.80. The molecule has 1 atom stereocenters. The monoisotopic (exact) mass is 282 g/mol. The van der Waals surface area contributed by atoms with Gasteiger partial charge in [0.05, 0.1) is 6.61 Å². The molecule has 2 aliphatic rings. The van der Waals surface area contributed by atoms with Gasteiger partial charge in [0.15, 0.2) is 5.60 Å². The molecule has 1 heterocycles. The van der Waals surface area contributed by atoms with Crippen LogP contribution in [0.1, 0.15) is 83.5 Å². The fraction of sp³-hybridized carbons (Fsp3) is 0.941. The summed E-state index contributed by atoms with van der Waals surface area (Å²) in [5, 5.41) is 8.98. The molecule has 0 amide bonds. The van der Waals surface area contributed by atoms with Crippen molar-refractivity contribution in [3.8, 4) is 0 Å². The first-order valence-electron chi connectivity index (χ1n) is 8.60. The van der Waals surface area contributed by atoms with Crippen LogP contribution < -0.4 is 0 Å². The minimum Gasteiger partial charge on any atom is -0.479 e. The molecule has 0 bridgehead atoms. The van der Waals surface area contributed by atoms with Gasteiger partial charge in [-0.15, -0.1) is 0 Å². The summed E-state index contributed by atoms with van der Waals surface area (Å²) < 4.78 is 5.07. The Morgan fingerprint density at radius 1 is 1.00 bits per heavy atom. The summed E-state index contributed by atoms with van der Waals surface area (Å²) in [5.41, 5.74) is -0.791. The van der Waals surface area contributed by atoms with Crippen molar-refractivity contribution in [3.63, 3.8) is 0 Å². The molecule has 3 heteroatoms. The Bertz CT molecular complexity index is 291. The number of ether oxygens (including phenoxy) is 1. The maximum atomic E-state index is 10.9. The number of aliphatic carboxylic acids is 1. The van der Waals surface area contributed by atoms with E-state index in [2.05, 4.69) is 0 Å². The molecule has 0 spiro atoms. The average Bonchev–Trinajstić information content (AvgIpc) is 3.24. The minimum atomic E-state index is -0.791. The first-order chi connectivity index (χ1) is 9.73. The molecule has 1 aliphatic carbocycles. The van der Waals surface area contributed by atoms with E-state index in [1.807, 2.05) is 0 Å². The van der Waals surface area contributed by atoms with Gasteiger partial charge in [-0.1, -0.05) is 70.6 Å². The van der Waals surface area contributed by atoms with E-state index in [9.17, 15) is 4.79 Å². The van der Waals surface area contributed by atoms with Gasteiger partial charge >= 0.3 is 5.97 Å². The first-order valence-corrected chi connectivity index (χ1v) is 8.60. The molecule has 0 aromatic carbocycles. The highest BCUT2D eigenvalue weighted by atomic mass is 16.6. The van der Waals surface area contributed by atoms with Crippen LogP contribution in [0.3, 0.4) is 0 Å². The summed E-state index contributed by atoms with van der Waals surface area (Å²) >= 11 is 0. The van der Waals surface area contributed by atoms with Gasteiger partial charge in [0, 0.05) is 0 Å². The molecule has 1 N–H and O–H groups in total. The molecule has 1 saturated heterocycles. The van der Waals surface area contributed by atoms with Crippen molar-refractivity contribution in [1.82, 2.24) is 0 Å². The molecular formula is C17H30O3. The molecular weight excluding hydrogens is 252 g/mol. The molecule has 1 unspecified atom stereocenters. The van der Waals surface area contributed by atoms with Crippen molar-refractivity contribution in [1.29, 1.82) is 0 Å². The van der Waals surface area contributed by atoms with Crippen LogP contribution in [0.15, 0.2) is 0 Å². The number of carboxylic acids is 1. The Morgan fingerprint density at radius 3 is 2.20 bits per heavy atom. The molecule has 20 heavy (non-hydrogen) atoms. The van der Waals surface area contributed by atoms with Crippen molar-refractivity contribution >= 4 is 5.97 Å². The van der Waals surface area contributed by atoms with Gasteiger partial charge in [0.2, 0.25) is 0 Å². The molecule has 3 nitrogen and oxygen atoms in total. The maximum absolute atomic E-state index is 10.9. The normalized spacial score (nSPS) is 26.6. The third-order valence-corrected chi connectivity index (χ3v) is 5.05. The number of carbonyl (C=O) groups is 1. The lowest BCUT2D eigenvalue weighted by atomic mass is 9.85. The van der Waals surface area contributed by atoms with Crippen molar-refractivity contribution in [2.24, 2.45) is 5.92 Å². The zero-order valence-electron chi connectivity index (χ0n) is 12.7. The Kier molecular flexibility index (Phi) is 6.34. The molecule has 0 radical (unpaired) electrons. The van der Waals surface area contributed by atoms with Crippen molar-refractivity contribution < 1.29 is 14.6 Å². The van der Waals surface area contributed by atoms with E-state index in [4.69, 9.17) is 9.84 Å². The topological polar surface area (TPSA) is 49.8 Å². The maximum Gasteiger partial charge on any atom is 0.338 e. The second-order valence-electron chi connectivity index (χ2n) is 6.75. The largest absolute Gasteiger partial charge is 0.479 e. The van der Waals surface area contributed by atoms with Crippen molar-refractivity contribution in [2.75, 3.05) is 6.61 Å². The van der Waals surface area contributed by atoms with Gasteiger partial charge in [0.1, 0.15) is 0 Å². The van der Waals surface area contributed by atoms with Crippen LogP contribution in [0.25, 0.3) is 0 Å². The smallest absolute Gasteiger partial charge is 0.338 e. The zero-order valence-corrected chi connectivity index (χ0v) is 12.7. The first kappa shape index (κ1) is 15.8. The summed E-state index contributed by atoms with van der Waals surface area (Å²) in [6.45, 7) is 0.420. The third-order valence-electron chi connectivity index (χ3n) is 5.05. The highest BCUT2D eigenvalue weighted by Gasteiger charge is 2.51. The Labute approximate surface area is 123 Å². The Hall–Kier alpha value is -0.570. The van der Waals surface area contributed by atoms with Crippen LogP contribution >= 0.6 is 0 Å². The van der Waals surface area contributed by atoms with Crippen LogP contribution in [0.2, 0.25) is 0 Å². The third kappa shape index (κ3) is 5.08. The molecule has 1 saturated carbocycles. The summed E-state index contributed by atoms with van der Waals surface area (Å²) in [4.78, 5) is 10.9. The summed E-state index contributed by atoms with van der Waals surface area (Å²) in [6.07, 6.45) is 16.9. The lowest BCUT2D eigenvalue weighted by Gasteiger charge is -2.21. The highest BCUT2D eigenvalue weighted by Crippen LogP contribution is 2.33. The molecule has 2 rings (SSSR count). The fourth-order valence-corrected chi connectivity index (χ4v) is 3.49. The minimum absolute atomic E-state index is 0.420. The van der Waals surface area contributed by atoms with Gasteiger partial charge in [-0.25, -0.2) is 4.79 Å². The summed E-state index contributed by atoms with van der Waals surface area (Å²) in [6, 6.07) is 0. The fourth-order valence-electron chi connectivity index (χ4n) is 3.49. The number of hydrogen-bond acceptors (Lipinski definition) is 2. The quantitative estimate of drug-likeness (QED) is 0.472. The van der Waals surface area contributed by atoms with Gasteiger partial charge < -0.3 is 9.84 Å². The number of hydrogen-bond donors (Lipinski definition) is 1. The van der Waals surface area contributed by atoms with Crippen LogP contribution in [0.5, 0.6) is 0 Å². The summed E-state index contributed by atoms with van der Waals surface area (Å²) in [5.74, 6) is 0.246. The predicted octanol–water partition coefficient (Wildman–Crippen LogP) is 4.54. The van der Waals surface area contributed by atoms with Crippen LogP contribution in [-0.4, -0.2) is 23.3 Å². The van der Waals surface area contributed by atoms with Gasteiger partial charge in [0.25, 0.3) is 0 Å². The lowest BCUT2D eigenvalue weighted by Crippen LogP contribution is -2.23. The van der Waals surface area contributed by atoms with Gasteiger partial charge in [-0.2, -0.15) is 0 Å².